The first-order chi connectivity index (χ1) is 9.20. The van der Waals surface area contributed by atoms with E-state index in [9.17, 15) is 9.90 Å². The summed E-state index contributed by atoms with van der Waals surface area (Å²) in [7, 11) is 0. The van der Waals surface area contributed by atoms with Gasteiger partial charge >= 0.3 is 5.97 Å². The van der Waals surface area contributed by atoms with Crippen LogP contribution < -0.4 is 0 Å². The number of ether oxygens (including phenoxy) is 1. The van der Waals surface area contributed by atoms with Crippen molar-refractivity contribution in [1.82, 2.24) is 0 Å². The average molecular weight is 270 g/mol. The van der Waals surface area contributed by atoms with Crippen molar-refractivity contribution in [2.45, 2.75) is 77.7 Å². The maximum atomic E-state index is 11.0. The van der Waals surface area contributed by atoms with Crippen molar-refractivity contribution in [3.63, 3.8) is 0 Å². The normalized spacial score (nSPS) is 12.8. The second-order valence-electron chi connectivity index (χ2n) is 4.94. The number of carbonyl (C=O) groups excluding carboxylic acids is 1. The summed E-state index contributed by atoms with van der Waals surface area (Å²) < 4.78 is 4.75. The monoisotopic (exact) mass is 270 g/mol. The molecule has 3 heteroatoms. The van der Waals surface area contributed by atoms with Crippen molar-refractivity contribution in [2.75, 3.05) is 6.61 Å². The second kappa shape index (κ2) is 13.6. The Morgan fingerprint density at radius 2 is 1.63 bits per heavy atom. The Labute approximate surface area is 118 Å². The van der Waals surface area contributed by atoms with E-state index in [1.165, 1.54) is 50.7 Å². The van der Waals surface area contributed by atoms with Gasteiger partial charge in [0.25, 0.3) is 0 Å². The van der Waals surface area contributed by atoms with Gasteiger partial charge in [-0.1, -0.05) is 58.3 Å². The first kappa shape index (κ1) is 18.2. The van der Waals surface area contributed by atoms with Crippen molar-refractivity contribution in [3.8, 4) is 0 Å². The van der Waals surface area contributed by atoms with Crippen molar-refractivity contribution >= 4 is 5.97 Å². The van der Waals surface area contributed by atoms with Crippen LogP contribution in [0.2, 0.25) is 0 Å². The fourth-order valence-electron chi connectivity index (χ4n) is 1.96. The van der Waals surface area contributed by atoms with E-state index in [1.54, 1.807) is 6.92 Å². The maximum Gasteiger partial charge on any atom is 0.330 e. The molecule has 0 aliphatic carbocycles. The van der Waals surface area contributed by atoms with Crippen molar-refractivity contribution < 1.29 is 14.6 Å². The Bertz CT molecular complexity index is 236. The highest BCUT2D eigenvalue weighted by molar-refractivity contribution is 5.81. The van der Waals surface area contributed by atoms with Crippen LogP contribution in [0.5, 0.6) is 0 Å². The minimum atomic E-state index is -0.524. The molecule has 0 spiro atoms. The third kappa shape index (κ3) is 13.4. The Morgan fingerprint density at radius 3 is 2.21 bits per heavy atom. The number of carbonyl (C=O) groups is 1. The van der Waals surface area contributed by atoms with Crippen LogP contribution in [-0.4, -0.2) is 23.8 Å². The summed E-state index contributed by atoms with van der Waals surface area (Å²) in [5.41, 5.74) is 0. The predicted molar refractivity (Wildman–Crippen MR) is 79.0 cm³/mol. The smallest absolute Gasteiger partial charge is 0.330 e. The molecule has 0 rings (SSSR count). The van der Waals surface area contributed by atoms with Gasteiger partial charge in [0.2, 0.25) is 0 Å². The van der Waals surface area contributed by atoms with Crippen LogP contribution >= 0.6 is 0 Å². The molecule has 0 saturated heterocycles. The molecular weight excluding hydrogens is 240 g/mol. The molecule has 1 unspecified atom stereocenters. The summed E-state index contributed by atoms with van der Waals surface area (Å²) in [5, 5.41) is 9.64. The van der Waals surface area contributed by atoms with Gasteiger partial charge in [0.1, 0.15) is 0 Å². The van der Waals surface area contributed by atoms with E-state index >= 15 is 0 Å². The first-order valence-electron chi connectivity index (χ1n) is 7.73. The molecule has 0 radical (unpaired) electrons. The Balaban J connectivity index is 3.38. The van der Waals surface area contributed by atoms with Gasteiger partial charge in [-0.3, -0.25) is 0 Å². The van der Waals surface area contributed by atoms with Gasteiger partial charge in [-0.25, -0.2) is 4.79 Å². The van der Waals surface area contributed by atoms with Crippen molar-refractivity contribution in [1.29, 1.82) is 0 Å². The molecule has 0 aromatic rings. The SMILES string of the molecule is CCCCCCCCCCC(O)/C=C/C(=O)OCC. The molecule has 0 amide bonds. The number of aliphatic hydroxyl groups is 1. The van der Waals surface area contributed by atoms with Crippen LogP contribution in [-0.2, 0) is 9.53 Å². The Kier molecular flexibility index (Phi) is 13.0. The zero-order valence-electron chi connectivity index (χ0n) is 12.6. The van der Waals surface area contributed by atoms with E-state index < -0.39 is 6.10 Å². The lowest BCUT2D eigenvalue weighted by molar-refractivity contribution is -0.137. The molecule has 1 N–H and O–H groups in total. The van der Waals surface area contributed by atoms with E-state index in [4.69, 9.17) is 4.74 Å². The fraction of sp³-hybridized carbons (Fsp3) is 0.812. The highest BCUT2D eigenvalue weighted by atomic mass is 16.5. The van der Waals surface area contributed by atoms with Gasteiger partial charge in [0.05, 0.1) is 12.7 Å². The van der Waals surface area contributed by atoms with E-state index in [-0.39, 0.29) is 5.97 Å². The Hall–Kier alpha value is -0.830. The highest BCUT2D eigenvalue weighted by Gasteiger charge is 2.01. The predicted octanol–water partition coefficient (Wildman–Crippen LogP) is 4.00. The molecule has 0 fully saturated rings. The summed E-state index contributed by atoms with van der Waals surface area (Å²) in [5.74, 6) is -0.377. The lowest BCUT2D eigenvalue weighted by atomic mass is 10.1. The van der Waals surface area contributed by atoms with Crippen LogP contribution in [0.25, 0.3) is 0 Å². The van der Waals surface area contributed by atoms with Gasteiger partial charge in [-0.2, -0.15) is 0 Å². The molecule has 0 aromatic carbocycles. The minimum Gasteiger partial charge on any atom is -0.463 e. The van der Waals surface area contributed by atoms with Gasteiger partial charge < -0.3 is 9.84 Å². The quantitative estimate of drug-likeness (QED) is 0.331. The first-order valence-corrected chi connectivity index (χ1v) is 7.73. The van der Waals surface area contributed by atoms with Crippen LogP contribution in [0, 0.1) is 0 Å². The van der Waals surface area contributed by atoms with Gasteiger partial charge in [0, 0.05) is 6.08 Å². The van der Waals surface area contributed by atoms with Crippen LogP contribution in [0.15, 0.2) is 12.2 Å². The molecule has 1 atom stereocenters. The minimum absolute atomic E-state index is 0.372. The lowest BCUT2D eigenvalue weighted by Gasteiger charge is -2.05. The number of rotatable bonds is 12. The Morgan fingerprint density at radius 1 is 1.05 bits per heavy atom. The molecule has 3 nitrogen and oxygen atoms in total. The largest absolute Gasteiger partial charge is 0.463 e. The summed E-state index contributed by atoms with van der Waals surface area (Å²) in [4.78, 5) is 11.0. The van der Waals surface area contributed by atoms with Crippen LogP contribution in [0.4, 0.5) is 0 Å². The highest BCUT2D eigenvalue weighted by Crippen LogP contribution is 2.11. The van der Waals surface area contributed by atoms with E-state index in [2.05, 4.69) is 6.92 Å². The average Bonchev–Trinajstić information content (AvgIpc) is 2.40. The summed E-state index contributed by atoms with van der Waals surface area (Å²) in [6.45, 7) is 4.37. The molecule has 19 heavy (non-hydrogen) atoms. The number of unbranched alkanes of at least 4 members (excludes halogenated alkanes) is 7. The topological polar surface area (TPSA) is 46.5 Å². The van der Waals surface area contributed by atoms with Crippen LogP contribution in [0.1, 0.15) is 71.6 Å². The molecule has 0 heterocycles. The molecule has 0 bridgehead atoms. The molecule has 0 aliphatic heterocycles. The number of hydrogen-bond acceptors (Lipinski definition) is 3. The molecule has 0 saturated carbocycles. The van der Waals surface area contributed by atoms with Crippen molar-refractivity contribution in [3.05, 3.63) is 12.2 Å². The second-order valence-corrected chi connectivity index (χ2v) is 4.94. The zero-order chi connectivity index (χ0) is 14.3. The summed E-state index contributed by atoms with van der Waals surface area (Å²) in [6.07, 6.45) is 13.1. The fourth-order valence-corrected chi connectivity index (χ4v) is 1.96. The zero-order valence-corrected chi connectivity index (χ0v) is 12.6. The molecule has 0 aliphatic rings. The van der Waals surface area contributed by atoms with E-state index in [0.29, 0.717) is 6.61 Å². The van der Waals surface area contributed by atoms with Gasteiger partial charge in [0.15, 0.2) is 0 Å². The number of hydrogen-bond donors (Lipinski definition) is 1. The molecule has 112 valence electrons. The van der Waals surface area contributed by atoms with Crippen LogP contribution in [0.3, 0.4) is 0 Å². The van der Waals surface area contributed by atoms with Gasteiger partial charge in [-0.15, -0.1) is 0 Å². The van der Waals surface area contributed by atoms with E-state index in [1.807, 2.05) is 0 Å². The van der Waals surface area contributed by atoms with Gasteiger partial charge in [-0.05, 0) is 19.4 Å². The lowest BCUT2D eigenvalue weighted by Crippen LogP contribution is -2.05. The maximum absolute atomic E-state index is 11.0. The van der Waals surface area contributed by atoms with Crippen molar-refractivity contribution in [2.24, 2.45) is 0 Å². The standard InChI is InChI=1S/C16H30O3/c1-3-5-6-7-8-9-10-11-12-15(17)13-14-16(18)19-4-2/h13-15,17H,3-12H2,1-2H3/b14-13+. The summed E-state index contributed by atoms with van der Waals surface area (Å²) in [6, 6.07) is 0. The number of esters is 1. The molecular formula is C16H30O3. The third-order valence-electron chi connectivity index (χ3n) is 3.09. The molecule has 0 aromatic heterocycles. The summed E-state index contributed by atoms with van der Waals surface area (Å²) >= 11 is 0. The van der Waals surface area contributed by atoms with E-state index in [0.717, 1.165) is 19.3 Å². The third-order valence-corrected chi connectivity index (χ3v) is 3.09. The number of aliphatic hydroxyl groups excluding tert-OH is 1.